The molecule has 0 saturated carbocycles. The summed E-state index contributed by atoms with van der Waals surface area (Å²) in [5.74, 6) is 0.895. The van der Waals surface area contributed by atoms with Gasteiger partial charge in [-0.05, 0) is 62.9 Å². The number of anilines is 1. The molecule has 1 atom stereocenters. The van der Waals surface area contributed by atoms with E-state index < -0.39 is 0 Å². The Labute approximate surface area is 122 Å². The minimum Gasteiger partial charge on any atom is -0.325 e. The van der Waals surface area contributed by atoms with Gasteiger partial charge in [-0.3, -0.25) is 9.69 Å². The van der Waals surface area contributed by atoms with E-state index in [1.54, 1.807) is 0 Å². The Morgan fingerprint density at radius 3 is 2.45 bits per heavy atom. The Kier molecular flexibility index (Phi) is 5.18. The summed E-state index contributed by atoms with van der Waals surface area (Å²) in [6.45, 7) is 8.49. The molecule has 110 valence electrons. The molecule has 1 aromatic carbocycles. The lowest BCUT2D eigenvalue weighted by molar-refractivity contribution is -0.121. The van der Waals surface area contributed by atoms with Gasteiger partial charge in [-0.1, -0.05) is 26.0 Å². The van der Waals surface area contributed by atoms with E-state index in [1.807, 2.05) is 19.1 Å². The van der Waals surface area contributed by atoms with Crippen LogP contribution in [-0.4, -0.2) is 29.9 Å². The zero-order valence-corrected chi connectivity index (χ0v) is 12.9. The highest BCUT2D eigenvalue weighted by Gasteiger charge is 2.24. The first-order chi connectivity index (χ1) is 9.60. The molecule has 1 aromatic rings. The summed E-state index contributed by atoms with van der Waals surface area (Å²) in [4.78, 5) is 14.6. The van der Waals surface area contributed by atoms with Crippen molar-refractivity contribution in [2.24, 2.45) is 5.92 Å². The SMILES string of the molecule is CCc1ccc(NC(=O)C(C)N2CCC(C)CC2)cc1. The number of nitrogens with zero attached hydrogens (tertiary/aromatic N) is 1. The van der Waals surface area contributed by atoms with E-state index >= 15 is 0 Å². The van der Waals surface area contributed by atoms with Gasteiger partial charge >= 0.3 is 0 Å². The van der Waals surface area contributed by atoms with Crippen LogP contribution in [0.15, 0.2) is 24.3 Å². The number of nitrogens with one attached hydrogen (secondary N) is 1. The number of piperidine rings is 1. The Morgan fingerprint density at radius 1 is 1.30 bits per heavy atom. The molecule has 3 heteroatoms. The predicted octanol–water partition coefficient (Wildman–Crippen LogP) is 3.31. The summed E-state index contributed by atoms with van der Waals surface area (Å²) in [5.41, 5.74) is 2.19. The van der Waals surface area contributed by atoms with Crippen LogP contribution in [0.5, 0.6) is 0 Å². The zero-order valence-electron chi connectivity index (χ0n) is 12.9. The molecule has 0 spiro atoms. The molecule has 0 aliphatic carbocycles. The zero-order chi connectivity index (χ0) is 14.5. The summed E-state index contributed by atoms with van der Waals surface area (Å²) in [7, 11) is 0. The van der Waals surface area contributed by atoms with Gasteiger partial charge in [-0.25, -0.2) is 0 Å². The van der Waals surface area contributed by atoms with E-state index in [0.717, 1.165) is 31.1 Å². The summed E-state index contributed by atoms with van der Waals surface area (Å²) < 4.78 is 0. The highest BCUT2D eigenvalue weighted by Crippen LogP contribution is 2.19. The third kappa shape index (κ3) is 3.83. The highest BCUT2D eigenvalue weighted by atomic mass is 16.2. The van der Waals surface area contributed by atoms with Crippen molar-refractivity contribution in [3.63, 3.8) is 0 Å². The normalized spacial score (nSPS) is 18.8. The standard InChI is InChI=1S/C17H26N2O/c1-4-15-5-7-16(8-6-15)18-17(20)14(3)19-11-9-13(2)10-12-19/h5-8,13-14H,4,9-12H2,1-3H3,(H,18,20). The van der Waals surface area contributed by atoms with Gasteiger partial charge in [0, 0.05) is 5.69 Å². The summed E-state index contributed by atoms with van der Waals surface area (Å²) in [5, 5.41) is 3.02. The van der Waals surface area contributed by atoms with Crippen molar-refractivity contribution in [1.82, 2.24) is 4.90 Å². The van der Waals surface area contributed by atoms with Crippen LogP contribution >= 0.6 is 0 Å². The molecule has 1 N–H and O–H groups in total. The molecule has 3 nitrogen and oxygen atoms in total. The predicted molar refractivity (Wildman–Crippen MR) is 83.9 cm³/mol. The average Bonchev–Trinajstić information content (AvgIpc) is 2.48. The second-order valence-electron chi connectivity index (χ2n) is 5.93. The topological polar surface area (TPSA) is 32.3 Å². The minimum atomic E-state index is -0.0478. The van der Waals surface area contributed by atoms with Gasteiger partial charge in [-0.15, -0.1) is 0 Å². The second-order valence-corrected chi connectivity index (χ2v) is 5.93. The van der Waals surface area contributed by atoms with Gasteiger partial charge in [0.1, 0.15) is 0 Å². The lowest BCUT2D eigenvalue weighted by Crippen LogP contribution is -2.45. The second kappa shape index (κ2) is 6.89. The third-order valence-corrected chi connectivity index (χ3v) is 4.38. The fraction of sp³-hybridized carbons (Fsp3) is 0.588. The maximum atomic E-state index is 12.3. The van der Waals surface area contributed by atoms with Crippen LogP contribution in [0.4, 0.5) is 5.69 Å². The molecular formula is C17H26N2O. The Balaban J connectivity index is 1.89. The van der Waals surface area contributed by atoms with E-state index in [1.165, 1.54) is 18.4 Å². The van der Waals surface area contributed by atoms with E-state index in [0.29, 0.717) is 0 Å². The van der Waals surface area contributed by atoms with Crippen molar-refractivity contribution >= 4 is 11.6 Å². The van der Waals surface area contributed by atoms with E-state index in [-0.39, 0.29) is 11.9 Å². The molecule has 1 amide bonds. The van der Waals surface area contributed by atoms with Crippen LogP contribution < -0.4 is 5.32 Å². The number of benzene rings is 1. The fourth-order valence-corrected chi connectivity index (χ4v) is 2.65. The monoisotopic (exact) mass is 274 g/mol. The van der Waals surface area contributed by atoms with E-state index in [4.69, 9.17) is 0 Å². The maximum absolute atomic E-state index is 12.3. The molecule has 0 aromatic heterocycles. The summed E-state index contributed by atoms with van der Waals surface area (Å²) in [6.07, 6.45) is 3.42. The fourth-order valence-electron chi connectivity index (χ4n) is 2.65. The number of carbonyl (C=O) groups is 1. The first-order valence-electron chi connectivity index (χ1n) is 7.74. The Hall–Kier alpha value is -1.35. The largest absolute Gasteiger partial charge is 0.325 e. The van der Waals surface area contributed by atoms with Crippen LogP contribution in [0.3, 0.4) is 0 Å². The molecule has 20 heavy (non-hydrogen) atoms. The van der Waals surface area contributed by atoms with Gasteiger partial charge in [0.2, 0.25) is 5.91 Å². The number of aryl methyl sites for hydroxylation is 1. The van der Waals surface area contributed by atoms with Crippen molar-refractivity contribution in [2.75, 3.05) is 18.4 Å². The molecule has 1 aliphatic heterocycles. The molecule has 2 rings (SSSR count). The minimum absolute atomic E-state index is 0.0478. The Morgan fingerprint density at radius 2 is 1.90 bits per heavy atom. The van der Waals surface area contributed by atoms with Gasteiger partial charge in [0.05, 0.1) is 6.04 Å². The van der Waals surface area contributed by atoms with Gasteiger partial charge in [0.15, 0.2) is 0 Å². The number of hydrogen-bond donors (Lipinski definition) is 1. The molecule has 0 radical (unpaired) electrons. The molecule has 1 heterocycles. The first kappa shape index (κ1) is 15.0. The number of hydrogen-bond acceptors (Lipinski definition) is 2. The van der Waals surface area contributed by atoms with E-state index in [9.17, 15) is 4.79 Å². The van der Waals surface area contributed by atoms with Crippen LogP contribution in [-0.2, 0) is 11.2 Å². The molecule has 1 unspecified atom stereocenters. The smallest absolute Gasteiger partial charge is 0.241 e. The van der Waals surface area contributed by atoms with E-state index in [2.05, 4.69) is 36.2 Å². The highest BCUT2D eigenvalue weighted by molar-refractivity contribution is 5.94. The number of carbonyl (C=O) groups excluding carboxylic acids is 1. The molecular weight excluding hydrogens is 248 g/mol. The molecule has 1 saturated heterocycles. The third-order valence-electron chi connectivity index (χ3n) is 4.38. The van der Waals surface area contributed by atoms with Gasteiger partial charge < -0.3 is 5.32 Å². The Bertz CT molecular complexity index is 433. The van der Waals surface area contributed by atoms with Crippen molar-refractivity contribution in [2.45, 2.75) is 46.1 Å². The molecule has 0 bridgehead atoms. The van der Waals surface area contributed by atoms with Crippen molar-refractivity contribution in [3.05, 3.63) is 29.8 Å². The van der Waals surface area contributed by atoms with Crippen LogP contribution in [0.25, 0.3) is 0 Å². The van der Waals surface area contributed by atoms with Crippen LogP contribution in [0.2, 0.25) is 0 Å². The summed E-state index contributed by atoms with van der Waals surface area (Å²) >= 11 is 0. The van der Waals surface area contributed by atoms with Crippen molar-refractivity contribution < 1.29 is 4.79 Å². The number of rotatable bonds is 4. The van der Waals surface area contributed by atoms with Crippen molar-refractivity contribution in [1.29, 1.82) is 0 Å². The van der Waals surface area contributed by atoms with Gasteiger partial charge in [0.25, 0.3) is 0 Å². The maximum Gasteiger partial charge on any atom is 0.241 e. The number of likely N-dealkylation sites (tertiary alicyclic amines) is 1. The average molecular weight is 274 g/mol. The quantitative estimate of drug-likeness (QED) is 0.913. The van der Waals surface area contributed by atoms with Crippen molar-refractivity contribution in [3.8, 4) is 0 Å². The molecule has 1 fully saturated rings. The lowest BCUT2D eigenvalue weighted by atomic mass is 9.98. The first-order valence-corrected chi connectivity index (χ1v) is 7.74. The van der Waals surface area contributed by atoms with Crippen LogP contribution in [0.1, 0.15) is 39.2 Å². The molecule has 1 aliphatic rings. The number of amides is 1. The van der Waals surface area contributed by atoms with Gasteiger partial charge in [-0.2, -0.15) is 0 Å². The lowest BCUT2D eigenvalue weighted by Gasteiger charge is -2.34. The summed E-state index contributed by atoms with van der Waals surface area (Å²) in [6, 6.07) is 8.07. The van der Waals surface area contributed by atoms with Crippen LogP contribution in [0, 0.1) is 5.92 Å².